The first-order valence-electron chi connectivity index (χ1n) is 6.66. The number of nitrogens with two attached hydrogens (primary N) is 1. The third-order valence-electron chi connectivity index (χ3n) is 3.40. The van der Waals surface area contributed by atoms with Crippen LogP contribution in [0.25, 0.3) is 21.6 Å². The molecular formula is C14H16N4OS. The highest BCUT2D eigenvalue weighted by atomic mass is 32.1. The molecular weight excluding hydrogens is 272 g/mol. The smallest absolute Gasteiger partial charge is 0.227 e. The van der Waals surface area contributed by atoms with E-state index >= 15 is 0 Å². The van der Waals surface area contributed by atoms with Gasteiger partial charge in [0.2, 0.25) is 11.7 Å². The summed E-state index contributed by atoms with van der Waals surface area (Å²) in [6.45, 7) is 2.75. The van der Waals surface area contributed by atoms with Gasteiger partial charge in [0.15, 0.2) is 0 Å². The molecule has 3 aromatic heterocycles. The van der Waals surface area contributed by atoms with Gasteiger partial charge in [0.1, 0.15) is 0 Å². The Morgan fingerprint density at radius 2 is 2.35 bits per heavy atom. The summed E-state index contributed by atoms with van der Waals surface area (Å²) >= 11 is 1.66. The van der Waals surface area contributed by atoms with Crippen LogP contribution in [0.4, 0.5) is 0 Å². The third-order valence-corrected chi connectivity index (χ3v) is 4.26. The number of pyridine rings is 1. The van der Waals surface area contributed by atoms with Crippen LogP contribution in [0.15, 0.2) is 28.2 Å². The predicted octanol–water partition coefficient (Wildman–Crippen LogP) is 2.87. The molecule has 3 aromatic rings. The number of nitrogens with zero attached hydrogens (tertiary/aromatic N) is 3. The van der Waals surface area contributed by atoms with E-state index < -0.39 is 0 Å². The van der Waals surface area contributed by atoms with Crippen molar-refractivity contribution in [2.24, 2.45) is 11.7 Å². The molecule has 104 valence electrons. The van der Waals surface area contributed by atoms with E-state index in [2.05, 4.69) is 22.0 Å². The Morgan fingerprint density at radius 3 is 3.15 bits per heavy atom. The number of fused-ring (bicyclic) bond motifs is 1. The highest BCUT2D eigenvalue weighted by molar-refractivity contribution is 7.17. The normalized spacial score (nSPS) is 12.9. The fourth-order valence-corrected chi connectivity index (χ4v) is 2.85. The summed E-state index contributed by atoms with van der Waals surface area (Å²) in [7, 11) is 0. The maximum Gasteiger partial charge on any atom is 0.227 e. The molecule has 1 unspecified atom stereocenters. The summed E-state index contributed by atoms with van der Waals surface area (Å²) in [5.41, 5.74) is 7.58. The lowest BCUT2D eigenvalue weighted by Crippen LogP contribution is -2.15. The van der Waals surface area contributed by atoms with Crippen LogP contribution in [0.5, 0.6) is 0 Å². The second-order valence-electron chi connectivity index (χ2n) is 4.75. The minimum absolute atomic E-state index is 0.390. The van der Waals surface area contributed by atoms with Crippen LogP contribution in [0.3, 0.4) is 0 Å². The van der Waals surface area contributed by atoms with Gasteiger partial charge in [0.05, 0.1) is 10.2 Å². The molecule has 2 N–H and O–H groups in total. The van der Waals surface area contributed by atoms with Crippen LogP contribution in [-0.4, -0.2) is 21.7 Å². The quantitative estimate of drug-likeness (QED) is 0.781. The van der Waals surface area contributed by atoms with Crippen LogP contribution in [0.2, 0.25) is 0 Å². The van der Waals surface area contributed by atoms with Crippen molar-refractivity contribution in [1.82, 2.24) is 15.1 Å². The van der Waals surface area contributed by atoms with E-state index in [1.54, 1.807) is 17.5 Å². The molecule has 3 heterocycles. The van der Waals surface area contributed by atoms with Gasteiger partial charge in [-0.3, -0.25) is 4.98 Å². The van der Waals surface area contributed by atoms with E-state index in [1.807, 2.05) is 17.5 Å². The van der Waals surface area contributed by atoms with E-state index in [1.165, 1.54) is 0 Å². The molecule has 20 heavy (non-hydrogen) atoms. The minimum atomic E-state index is 0.390. The fraction of sp³-hybridized carbons (Fsp3) is 0.357. The number of thiophene rings is 1. The van der Waals surface area contributed by atoms with E-state index in [9.17, 15) is 0 Å². The number of rotatable bonds is 5. The molecule has 3 rings (SSSR count). The Morgan fingerprint density at radius 1 is 1.45 bits per heavy atom. The lowest BCUT2D eigenvalue weighted by Gasteiger charge is -2.07. The molecule has 0 spiro atoms. The van der Waals surface area contributed by atoms with Crippen LogP contribution in [0, 0.1) is 5.92 Å². The van der Waals surface area contributed by atoms with Gasteiger partial charge in [-0.25, -0.2) is 0 Å². The molecule has 0 aliphatic carbocycles. The predicted molar refractivity (Wildman–Crippen MR) is 79.5 cm³/mol. The Labute approximate surface area is 120 Å². The molecule has 0 fully saturated rings. The molecule has 0 saturated carbocycles. The third kappa shape index (κ3) is 2.57. The molecule has 0 aromatic carbocycles. The van der Waals surface area contributed by atoms with Crippen LogP contribution in [-0.2, 0) is 6.42 Å². The van der Waals surface area contributed by atoms with Crippen LogP contribution in [0.1, 0.15) is 19.2 Å². The van der Waals surface area contributed by atoms with Gasteiger partial charge < -0.3 is 10.3 Å². The summed E-state index contributed by atoms with van der Waals surface area (Å²) in [4.78, 5) is 8.83. The molecule has 0 bridgehead atoms. The zero-order valence-electron chi connectivity index (χ0n) is 11.2. The fourth-order valence-electron chi connectivity index (χ4n) is 2.07. The number of aromatic nitrogens is 3. The monoisotopic (exact) mass is 288 g/mol. The Bertz CT molecular complexity index is 702. The van der Waals surface area contributed by atoms with Crippen molar-refractivity contribution in [1.29, 1.82) is 0 Å². The van der Waals surface area contributed by atoms with Gasteiger partial charge in [0.25, 0.3) is 0 Å². The van der Waals surface area contributed by atoms with Gasteiger partial charge in [-0.15, -0.1) is 11.3 Å². The van der Waals surface area contributed by atoms with E-state index in [0.29, 0.717) is 24.2 Å². The maximum absolute atomic E-state index is 5.70. The zero-order chi connectivity index (χ0) is 13.9. The van der Waals surface area contributed by atoms with Crippen LogP contribution >= 0.6 is 11.3 Å². The van der Waals surface area contributed by atoms with Crippen molar-refractivity contribution in [3.8, 4) is 11.4 Å². The molecule has 6 heteroatoms. The van der Waals surface area contributed by atoms with Crippen molar-refractivity contribution < 1.29 is 4.52 Å². The highest BCUT2D eigenvalue weighted by Gasteiger charge is 2.13. The Kier molecular flexibility index (Phi) is 3.75. The van der Waals surface area contributed by atoms with Gasteiger partial charge >= 0.3 is 0 Å². The molecule has 5 nitrogen and oxygen atoms in total. The van der Waals surface area contributed by atoms with Crippen LogP contribution < -0.4 is 5.73 Å². The first-order valence-corrected chi connectivity index (χ1v) is 7.54. The van der Waals surface area contributed by atoms with Crippen molar-refractivity contribution in [3.63, 3.8) is 0 Å². The first-order chi connectivity index (χ1) is 9.80. The standard InChI is InChI=1S/C14H16N4OS/c1-2-9(7-15)5-13-17-14(18-19-13)10-6-12-11(16-8-10)3-4-20-12/h3-4,6,8-9H,2,5,7,15H2,1H3. The van der Waals surface area contributed by atoms with E-state index in [-0.39, 0.29) is 0 Å². The average Bonchev–Trinajstić information content (AvgIpc) is 3.12. The Hall–Kier alpha value is -1.79. The largest absolute Gasteiger partial charge is 0.339 e. The molecule has 0 saturated heterocycles. The van der Waals surface area contributed by atoms with Gasteiger partial charge in [-0.2, -0.15) is 4.98 Å². The second kappa shape index (κ2) is 5.68. The average molecular weight is 288 g/mol. The number of hydrogen-bond acceptors (Lipinski definition) is 6. The maximum atomic E-state index is 5.70. The van der Waals surface area contributed by atoms with E-state index in [0.717, 1.165) is 28.6 Å². The number of hydrogen-bond donors (Lipinski definition) is 1. The lowest BCUT2D eigenvalue weighted by molar-refractivity contribution is 0.350. The zero-order valence-corrected chi connectivity index (χ0v) is 12.1. The van der Waals surface area contributed by atoms with Crippen molar-refractivity contribution in [3.05, 3.63) is 29.6 Å². The molecule has 0 amide bonds. The molecule has 0 aliphatic heterocycles. The Balaban J connectivity index is 1.85. The minimum Gasteiger partial charge on any atom is -0.339 e. The molecule has 0 radical (unpaired) electrons. The van der Waals surface area contributed by atoms with Crippen molar-refractivity contribution in [2.45, 2.75) is 19.8 Å². The summed E-state index contributed by atoms with van der Waals surface area (Å²) in [6, 6.07) is 4.04. The second-order valence-corrected chi connectivity index (χ2v) is 5.70. The van der Waals surface area contributed by atoms with Gasteiger partial charge in [-0.1, -0.05) is 18.5 Å². The van der Waals surface area contributed by atoms with Crippen molar-refractivity contribution in [2.75, 3.05) is 6.54 Å². The van der Waals surface area contributed by atoms with Gasteiger partial charge in [-0.05, 0) is 30.0 Å². The SMILES string of the molecule is CCC(CN)Cc1nc(-c2cnc3ccsc3c2)no1. The molecule has 0 aliphatic rings. The summed E-state index contributed by atoms with van der Waals surface area (Å²) in [6.07, 6.45) is 3.52. The molecule has 1 atom stereocenters. The van der Waals surface area contributed by atoms with E-state index in [4.69, 9.17) is 10.3 Å². The summed E-state index contributed by atoms with van der Waals surface area (Å²) in [5, 5.41) is 6.06. The lowest BCUT2D eigenvalue weighted by atomic mass is 10.0. The summed E-state index contributed by atoms with van der Waals surface area (Å²) < 4.78 is 6.43. The first kappa shape index (κ1) is 13.2. The van der Waals surface area contributed by atoms with Gasteiger partial charge in [0, 0.05) is 18.2 Å². The highest BCUT2D eigenvalue weighted by Crippen LogP contribution is 2.24. The summed E-state index contributed by atoms with van der Waals surface area (Å²) in [5.74, 6) is 1.62. The van der Waals surface area contributed by atoms with Crippen molar-refractivity contribution >= 4 is 21.6 Å². The topological polar surface area (TPSA) is 77.8 Å².